The largest absolute Gasteiger partial charge is 0.446 e. The topological polar surface area (TPSA) is 102 Å². The lowest BCUT2D eigenvalue weighted by molar-refractivity contribution is -0.120. The number of amides is 1. The van der Waals surface area contributed by atoms with Gasteiger partial charge in [0.1, 0.15) is 5.76 Å². The highest BCUT2D eigenvalue weighted by molar-refractivity contribution is 6.30. The minimum Gasteiger partial charge on any atom is -0.446 e. The van der Waals surface area contributed by atoms with Gasteiger partial charge in [0.25, 0.3) is 5.56 Å². The van der Waals surface area contributed by atoms with Crippen molar-refractivity contribution in [2.45, 2.75) is 46.3 Å². The van der Waals surface area contributed by atoms with Crippen LogP contribution in [0.2, 0.25) is 5.02 Å². The van der Waals surface area contributed by atoms with E-state index in [1.807, 2.05) is 25.2 Å². The SMILES string of the molecule is CNCc1ccc(Cl)cc1CNC(=O)Cc1c(C)cnn(CCc2cnc(C)o2)c1=O. The standard InChI is InChI=1S/C22H26ClN5O3/c1-14-10-27-28(7-6-19-13-25-15(2)31-19)22(30)20(14)9-21(29)26-12-17-8-18(23)5-4-16(17)11-24-3/h4-5,8,10,13,24H,6-7,9,11-12H2,1-3H3,(H,26,29). The van der Waals surface area contributed by atoms with Crippen molar-refractivity contribution in [1.29, 1.82) is 0 Å². The Labute approximate surface area is 185 Å². The zero-order chi connectivity index (χ0) is 22.4. The maximum Gasteiger partial charge on any atom is 0.270 e. The Morgan fingerprint density at radius 3 is 2.71 bits per heavy atom. The molecule has 3 aromatic rings. The summed E-state index contributed by atoms with van der Waals surface area (Å²) in [5, 5.41) is 10.8. The third kappa shape index (κ3) is 6.02. The molecular weight excluding hydrogens is 418 g/mol. The lowest BCUT2D eigenvalue weighted by atomic mass is 10.1. The number of nitrogens with one attached hydrogen (secondary N) is 2. The van der Waals surface area contributed by atoms with Gasteiger partial charge < -0.3 is 15.1 Å². The van der Waals surface area contributed by atoms with E-state index >= 15 is 0 Å². The zero-order valence-corrected chi connectivity index (χ0v) is 18.6. The van der Waals surface area contributed by atoms with Crippen LogP contribution in [0.1, 0.15) is 33.9 Å². The first-order chi connectivity index (χ1) is 14.9. The fourth-order valence-electron chi connectivity index (χ4n) is 3.26. The highest BCUT2D eigenvalue weighted by Gasteiger charge is 2.14. The van der Waals surface area contributed by atoms with E-state index in [0.717, 1.165) is 11.1 Å². The van der Waals surface area contributed by atoms with Crippen molar-refractivity contribution in [2.24, 2.45) is 0 Å². The molecule has 0 atom stereocenters. The summed E-state index contributed by atoms with van der Waals surface area (Å²) >= 11 is 6.10. The molecule has 1 aromatic carbocycles. The smallest absolute Gasteiger partial charge is 0.270 e. The number of benzene rings is 1. The summed E-state index contributed by atoms with van der Waals surface area (Å²) in [5.74, 6) is 1.03. The number of aromatic nitrogens is 3. The van der Waals surface area contributed by atoms with E-state index in [-0.39, 0.29) is 17.9 Å². The molecule has 0 bridgehead atoms. The highest BCUT2D eigenvalue weighted by atomic mass is 35.5. The molecule has 0 spiro atoms. The van der Waals surface area contributed by atoms with Gasteiger partial charge in [-0.2, -0.15) is 5.10 Å². The van der Waals surface area contributed by atoms with E-state index in [9.17, 15) is 9.59 Å². The molecular formula is C22H26ClN5O3. The highest BCUT2D eigenvalue weighted by Crippen LogP contribution is 2.16. The van der Waals surface area contributed by atoms with Crippen LogP contribution in [0.25, 0.3) is 0 Å². The van der Waals surface area contributed by atoms with Crippen molar-refractivity contribution < 1.29 is 9.21 Å². The van der Waals surface area contributed by atoms with Crippen LogP contribution in [0.3, 0.4) is 0 Å². The molecule has 0 aliphatic rings. The van der Waals surface area contributed by atoms with Crippen molar-refractivity contribution in [2.75, 3.05) is 7.05 Å². The number of carbonyl (C=O) groups is 1. The summed E-state index contributed by atoms with van der Waals surface area (Å²) in [4.78, 5) is 29.5. The van der Waals surface area contributed by atoms with Crippen molar-refractivity contribution in [3.8, 4) is 0 Å². The summed E-state index contributed by atoms with van der Waals surface area (Å²) in [7, 11) is 1.86. The molecule has 2 heterocycles. The van der Waals surface area contributed by atoms with Gasteiger partial charge in [0.2, 0.25) is 5.91 Å². The molecule has 0 saturated carbocycles. The fraction of sp³-hybridized carbons (Fsp3) is 0.364. The number of hydrogen-bond acceptors (Lipinski definition) is 6. The third-order valence-electron chi connectivity index (χ3n) is 4.95. The van der Waals surface area contributed by atoms with Gasteiger partial charge in [0.05, 0.1) is 25.4 Å². The van der Waals surface area contributed by atoms with Crippen molar-refractivity contribution >= 4 is 17.5 Å². The van der Waals surface area contributed by atoms with Gasteiger partial charge in [0, 0.05) is 37.0 Å². The Kier molecular flexibility index (Phi) is 7.59. The Hall–Kier alpha value is -2.97. The monoisotopic (exact) mass is 443 g/mol. The lowest BCUT2D eigenvalue weighted by Gasteiger charge is -2.12. The molecule has 0 saturated heterocycles. The molecule has 164 valence electrons. The Morgan fingerprint density at radius 1 is 1.19 bits per heavy atom. The molecule has 0 unspecified atom stereocenters. The van der Waals surface area contributed by atoms with Crippen LogP contribution in [0, 0.1) is 13.8 Å². The van der Waals surface area contributed by atoms with Gasteiger partial charge >= 0.3 is 0 Å². The molecule has 3 rings (SSSR count). The van der Waals surface area contributed by atoms with E-state index in [1.165, 1.54) is 4.68 Å². The number of hydrogen-bond donors (Lipinski definition) is 2. The number of rotatable bonds is 9. The molecule has 0 fully saturated rings. The molecule has 2 N–H and O–H groups in total. The summed E-state index contributed by atoms with van der Waals surface area (Å²) in [6, 6.07) is 5.59. The van der Waals surface area contributed by atoms with E-state index in [2.05, 4.69) is 20.7 Å². The summed E-state index contributed by atoms with van der Waals surface area (Å²) in [5.41, 5.74) is 2.83. The number of carbonyl (C=O) groups excluding carboxylic acids is 1. The normalized spacial score (nSPS) is 11.0. The van der Waals surface area contributed by atoms with Crippen molar-refractivity contribution in [3.63, 3.8) is 0 Å². The average molecular weight is 444 g/mol. The first kappa shape index (κ1) is 22.7. The first-order valence-electron chi connectivity index (χ1n) is 10.0. The van der Waals surface area contributed by atoms with E-state index in [0.29, 0.717) is 53.9 Å². The molecule has 9 heteroatoms. The Balaban J connectivity index is 1.67. The van der Waals surface area contributed by atoms with Crippen LogP contribution < -0.4 is 16.2 Å². The number of halogens is 1. The van der Waals surface area contributed by atoms with Gasteiger partial charge in [-0.1, -0.05) is 17.7 Å². The van der Waals surface area contributed by atoms with Crippen LogP contribution in [0.4, 0.5) is 0 Å². The van der Waals surface area contributed by atoms with E-state index in [1.54, 1.807) is 26.2 Å². The second-order valence-electron chi connectivity index (χ2n) is 7.33. The number of oxazole rings is 1. The Bertz CT molecular complexity index is 1120. The van der Waals surface area contributed by atoms with Gasteiger partial charge in [-0.15, -0.1) is 0 Å². The van der Waals surface area contributed by atoms with Gasteiger partial charge in [-0.3, -0.25) is 9.59 Å². The Morgan fingerprint density at radius 2 is 2.00 bits per heavy atom. The minimum absolute atomic E-state index is 0.0173. The van der Waals surface area contributed by atoms with Crippen LogP contribution in [-0.4, -0.2) is 27.7 Å². The second-order valence-corrected chi connectivity index (χ2v) is 7.76. The van der Waals surface area contributed by atoms with Gasteiger partial charge in [-0.25, -0.2) is 9.67 Å². The fourth-order valence-corrected chi connectivity index (χ4v) is 3.46. The average Bonchev–Trinajstić information content (AvgIpc) is 3.16. The lowest BCUT2D eigenvalue weighted by Crippen LogP contribution is -2.32. The summed E-state index contributed by atoms with van der Waals surface area (Å²) in [6.07, 6.45) is 3.72. The summed E-state index contributed by atoms with van der Waals surface area (Å²) < 4.78 is 6.80. The van der Waals surface area contributed by atoms with Crippen LogP contribution in [0.5, 0.6) is 0 Å². The number of aryl methyl sites for hydroxylation is 4. The maximum absolute atomic E-state index is 12.9. The predicted molar refractivity (Wildman–Crippen MR) is 118 cm³/mol. The van der Waals surface area contributed by atoms with E-state index in [4.69, 9.17) is 16.0 Å². The summed E-state index contributed by atoms with van der Waals surface area (Å²) in [6.45, 7) is 4.89. The van der Waals surface area contributed by atoms with Crippen LogP contribution in [-0.2, 0) is 37.3 Å². The van der Waals surface area contributed by atoms with E-state index < -0.39 is 0 Å². The van der Waals surface area contributed by atoms with Gasteiger partial charge in [0.15, 0.2) is 5.89 Å². The maximum atomic E-state index is 12.9. The molecule has 8 nitrogen and oxygen atoms in total. The predicted octanol–water partition coefficient (Wildman–Crippen LogP) is 2.32. The van der Waals surface area contributed by atoms with Crippen molar-refractivity contribution in [1.82, 2.24) is 25.4 Å². The molecule has 0 aliphatic carbocycles. The molecule has 0 aliphatic heterocycles. The second kappa shape index (κ2) is 10.4. The number of nitrogens with zero attached hydrogens (tertiary/aromatic N) is 3. The quantitative estimate of drug-likeness (QED) is 0.526. The zero-order valence-electron chi connectivity index (χ0n) is 17.9. The first-order valence-corrected chi connectivity index (χ1v) is 10.4. The molecule has 1 amide bonds. The third-order valence-corrected chi connectivity index (χ3v) is 5.18. The van der Waals surface area contributed by atoms with Crippen molar-refractivity contribution in [3.05, 3.63) is 79.9 Å². The van der Waals surface area contributed by atoms with Crippen LogP contribution in [0.15, 0.2) is 39.8 Å². The minimum atomic E-state index is -0.273. The van der Waals surface area contributed by atoms with Crippen LogP contribution >= 0.6 is 11.6 Å². The molecule has 31 heavy (non-hydrogen) atoms. The molecule has 2 aromatic heterocycles. The molecule has 0 radical (unpaired) electrons. The van der Waals surface area contributed by atoms with Gasteiger partial charge in [-0.05, 0) is 42.8 Å².